The van der Waals surface area contributed by atoms with E-state index in [9.17, 15) is 4.79 Å². The molecule has 0 aliphatic heterocycles. The zero-order chi connectivity index (χ0) is 13.2. The Morgan fingerprint density at radius 2 is 2.44 bits per heavy atom. The fraction of sp³-hybridized carbons (Fsp3) is 0.500. The minimum Gasteiger partial charge on any atom is -0.379 e. The lowest BCUT2D eigenvalue weighted by atomic mass is 10.4. The van der Waals surface area contributed by atoms with E-state index in [-0.39, 0.29) is 5.91 Å². The number of hydrogen-bond acceptors (Lipinski definition) is 5. The van der Waals surface area contributed by atoms with Crippen molar-refractivity contribution in [3.05, 3.63) is 28.7 Å². The van der Waals surface area contributed by atoms with Crippen molar-refractivity contribution < 1.29 is 9.53 Å². The number of amides is 1. The molecule has 0 aliphatic carbocycles. The predicted octanol–water partition coefficient (Wildman–Crippen LogP) is 0.967. The molecule has 6 heteroatoms. The van der Waals surface area contributed by atoms with Gasteiger partial charge in [0.15, 0.2) is 0 Å². The van der Waals surface area contributed by atoms with Crippen LogP contribution in [0.3, 0.4) is 0 Å². The zero-order valence-electron chi connectivity index (χ0n) is 10.4. The van der Waals surface area contributed by atoms with Crippen LogP contribution in [0.2, 0.25) is 0 Å². The first-order valence-electron chi connectivity index (χ1n) is 5.89. The van der Waals surface area contributed by atoms with Crippen molar-refractivity contribution >= 4 is 17.2 Å². The monoisotopic (exact) mass is 269 g/mol. The first-order chi connectivity index (χ1) is 8.77. The Balaban J connectivity index is 2.21. The van der Waals surface area contributed by atoms with E-state index in [4.69, 9.17) is 10.5 Å². The highest BCUT2D eigenvalue weighted by molar-refractivity contribution is 7.09. The van der Waals surface area contributed by atoms with Crippen LogP contribution >= 0.6 is 11.3 Å². The minimum absolute atomic E-state index is 0.165. The molecule has 0 bridgehead atoms. The van der Waals surface area contributed by atoms with Crippen LogP contribution in [-0.4, -0.2) is 37.2 Å². The lowest BCUT2D eigenvalue weighted by molar-refractivity contribution is 0.0913. The predicted molar refractivity (Wildman–Crippen MR) is 72.8 cm³/mol. The van der Waals surface area contributed by atoms with Gasteiger partial charge in [0.2, 0.25) is 0 Å². The van der Waals surface area contributed by atoms with Crippen LogP contribution in [0.5, 0.6) is 0 Å². The van der Waals surface area contributed by atoms with Gasteiger partial charge in [0.05, 0.1) is 18.2 Å². The molecule has 100 valence electrons. The van der Waals surface area contributed by atoms with Crippen molar-refractivity contribution in [1.82, 2.24) is 10.3 Å². The van der Waals surface area contributed by atoms with E-state index in [2.05, 4.69) is 16.9 Å². The zero-order valence-corrected chi connectivity index (χ0v) is 11.2. The molecule has 0 aliphatic rings. The van der Waals surface area contributed by atoms with Gasteiger partial charge in [-0.05, 0) is 13.0 Å². The van der Waals surface area contributed by atoms with E-state index in [0.29, 0.717) is 38.4 Å². The molecule has 0 unspecified atom stereocenters. The van der Waals surface area contributed by atoms with E-state index in [1.807, 2.05) is 0 Å². The van der Waals surface area contributed by atoms with Gasteiger partial charge < -0.3 is 15.8 Å². The van der Waals surface area contributed by atoms with Gasteiger partial charge in [-0.15, -0.1) is 17.9 Å². The maximum Gasteiger partial charge on any atom is 0.270 e. The largest absolute Gasteiger partial charge is 0.379 e. The Morgan fingerprint density at radius 3 is 3.17 bits per heavy atom. The van der Waals surface area contributed by atoms with Gasteiger partial charge in [-0.3, -0.25) is 4.79 Å². The summed E-state index contributed by atoms with van der Waals surface area (Å²) >= 11 is 1.46. The normalized spacial score (nSPS) is 10.3. The Bertz CT molecular complexity index is 379. The molecule has 0 atom stereocenters. The summed E-state index contributed by atoms with van der Waals surface area (Å²) in [5, 5.41) is 5.40. The van der Waals surface area contributed by atoms with Crippen molar-refractivity contribution in [2.24, 2.45) is 5.73 Å². The smallest absolute Gasteiger partial charge is 0.270 e. The molecule has 1 aromatic rings. The second-order valence-corrected chi connectivity index (χ2v) is 4.55. The van der Waals surface area contributed by atoms with E-state index in [1.54, 1.807) is 11.5 Å². The Hall–Kier alpha value is -1.24. The number of ether oxygens (including phenoxy) is 1. The third-order valence-corrected chi connectivity index (χ3v) is 3.05. The molecule has 0 saturated carbocycles. The van der Waals surface area contributed by atoms with Crippen molar-refractivity contribution in [3.8, 4) is 0 Å². The van der Waals surface area contributed by atoms with Gasteiger partial charge in [-0.2, -0.15) is 0 Å². The maximum absolute atomic E-state index is 11.7. The standard InChI is InChI=1S/C12H19N3O2S/c1-2-3-7-17-8-6-14-12(16)10-9-18-11(15-10)4-5-13/h2,9H,1,3-8,13H2,(H,14,16). The highest BCUT2D eigenvalue weighted by Crippen LogP contribution is 2.09. The molecule has 1 heterocycles. The summed E-state index contributed by atoms with van der Waals surface area (Å²) in [4.78, 5) is 15.9. The fourth-order valence-electron chi connectivity index (χ4n) is 1.25. The number of nitrogens with two attached hydrogens (primary N) is 1. The molecule has 5 nitrogen and oxygen atoms in total. The number of thiazole rings is 1. The van der Waals surface area contributed by atoms with Crippen molar-refractivity contribution in [1.29, 1.82) is 0 Å². The molecular weight excluding hydrogens is 250 g/mol. The molecule has 0 saturated heterocycles. The van der Waals surface area contributed by atoms with Crippen LogP contribution in [0.15, 0.2) is 18.0 Å². The third-order valence-electron chi connectivity index (χ3n) is 2.14. The second-order valence-electron chi connectivity index (χ2n) is 3.61. The highest BCUT2D eigenvalue weighted by atomic mass is 32.1. The summed E-state index contributed by atoms with van der Waals surface area (Å²) in [6.45, 7) is 5.77. The average molecular weight is 269 g/mol. The fourth-order valence-corrected chi connectivity index (χ4v) is 2.04. The molecular formula is C12H19N3O2S. The lowest BCUT2D eigenvalue weighted by Gasteiger charge is -2.03. The molecule has 1 aromatic heterocycles. The number of hydrogen-bond donors (Lipinski definition) is 2. The van der Waals surface area contributed by atoms with Crippen LogP contribution in [0.1, 0.15) is 21.9 Å². The number of rotatable bonds is 9. The van der Waals surface area contributed by atoms with Crippen molar-refractivity contribution in [2.45, 2.75) is 12.8 Å². The minimum atomic E-state index is -0.165. The SMILES string of the molecule is C=CCCOCCNC(=O)c1csc(CCN)n1. The summed E-state index contributed by atoms with van der Waals surface area (Å²) in [5.41, 5.74) is 5.88. The Morgan fingerprint density at radius 1 is 1.61 bits per heavy atom. The Kier molecular flexibility index (Phi) is 7.24. The van der Waals surface area contributed by atoms with Crippen molar-refractivity contribution in [3.63, 3.8) is 0 Å². The number of aromatic nitrogens is 1. The van der Waals surface area contributed by atoms with Gasteiger partial charge >= 0.3 is 0 Å². The summed E-state index contributed by atoms with van der Waals surface area (Å²) in [5.74, 6) is -0.165. The van der Waals surface area contributed by atoms with E-state index in [1.165, 1.54) is 11.3 Å². The topological polar surface area (TPSA) is 77.2 Å². The van der Waals surface area contributed by atoms with Crippen LogP contribution < -0.4 is 11.1 Å². The summed E-state index contributed by atoms with van der Waals surface area (Å²) in [6, 6.07) is 0. The quantitative estimate of drug-likeness (QED) is 0.517. The van der Waals surface area contributed by atoms with Crippen LogP contribution in [0.4, 0.5) is 0 Å². The molecule has 18 heavy (non-hydrogen) atoms. The first-order valence-corrected chi connectivity index (χ1v) is 6.77. The van der Waals surface area contributed by atoms with Gasteiger partial charge in [-0.1, -0.05) is 6.08 Å². The molecule has 0 aromatic carbocycles. The highest BCUT2D eigenvalue weighted by Gasteiger charge is 2.09. The molecule has 3 N–H and O–H groups in total. The average Bonchev–Trinajstić information content (AvgIpc) is 2.82. The number of nitrogens with one attached hydrogen (secondary N) is 1. The van der Waals surface area contributed by atoms with E-state index >= 15 is 0 Å². The van der Waals surface area contributed by atoms with Gasteiger partial charge in [0.1, 0.15) is 5.69 Å². The molecule has 0 spiro atoms. The van der Waals surface area contributed by atoms with Gasteiger partial charge in [0, 0.05) is 18.3 Å². The van der Waals surface area contributed by atoms with E-state index in [0.717, 1.165) is 11.4 Å². The first kappa shape index (κ1) is 14.8. The summed E-state index contributed by atoms with van der Waals surface area (Å²) in [6.07, 6.45) is 3.33. The van der Waals surface area contributed by atoms with E-state index < -0.39 is 0 Å². The number of carbonyl (C=O) groups excluding carboxylic acids is 1. The van der Waals surface area contributed by atoms with Gasteiger partial charge in [-0.25, -0.2) is 4.98 Å². The van der Waals surface area contributed by atoms with Crippen LogP contribution in [0.25, 0.3) is 0 Å². The maximum atomic E-state index is 11.7. The molecule has 0 radical (unpaired) electrons. The van der Waals surface area contributed by atoms with Crippen LogP contribution in [-0.2, 0) is 11.2 Å². The molecule has 0 fully saturated rings. The Labute approximate surface area is 111 Å². The summed E-state index contributed by atoms with van der Waals surface area (Å²) in [7, 11) is 0. The molecule has 1 rings (SSSR count). The van der Waals surface area contributed by atoms with Crippen LogP contribution in [0, 0.1) is 0 Å². The van der Waals surface area contributed by atoms with Gasteiger partial charge in [0.25, 0.3) is 5.91 Å². The summed E-state index contributed by atoms with van der Waals surface area (Å²) < 4.78 is 5.28. The number of carbonyl (C=O) groups is 1. The third kappa shape index (κ3) is 5.39. The second kappa shape index (κ2) is 8.79. The lowest BCUT2D eigenvalue weighted by Crippen LogP contribution is -2.27. The molecule has 1 amide bonds. The van der Waals surface area contributed by atoms with Crippen molar-refractivity contribution in [2.75, 3.05) is 26.3 Å². The number of nitrogens with zero attached hydrogens (tertiary/aromatic N) is 1.